The molecule has 0 radical (unpaired) electrons. The first kappa shape index (κ1) is 20.0. The number of carbonyl (C=O) groups excluding carboxylic acids is 1. The third kappa shape index (κ3) is 3.78. The molecule has 30 heavy (non-hydrogen) atoms. The quantitative estimate of drug-likeness (QED) is 0.481. The van der Waals surface area contributed by atoms with E-state index in [1.165, 1.54) is 24.3 Å². The van der Waals surface area contributed by atoms with Crippen LogP contribution in [0.15, 0.2) is 77.8 Å². The number of nitrogens with one attached hydrogen (secondary N) is 1. The fourth-order valence-electron chi connectivity index (χ4n) is 3.48. The minimum atomic E-state index is -4.01. The number of pyridine rings is 1. The van der Waals surface area contributed by atoms with Crippen LogP contribution in [0, 0.1) is 0 Å². The van der Waals surface area contributed by atoms with Crippen molar-refractivity contribution >= 4 is 15.9 Å². The summed E-state index contributed by atoms with van der Waals surface area (Å²) in [7, 11) is -4.01. The van der Waals surface area contributed by atoms with Crippen LogP contribution in [-0.2, 0) is 21.2 Å². The van der Waals surface area contributed by atoms with Crippen molar-refractivity contribution in [1.29, 1.82) is 0 Å². The van der Waals surface area contributed by atoms with Gasteiger partial charge in [0.1, 0.15) is 11.8 Å². The molecule has 0 unspecified atom stereocenters. The van der Waals surface area contributed by atoms with Gasteiger partial charge in [-0.15, -0.1) is 0 Å². The smallest absolute Gasteiger partial charge is 0.266 e. The Hall–Kier alpha value is -3.27. The Kier molecular flexibility index (Phi) is 5.49. The van der Waals surface area contributed by atoms with E-state index in [0.29, 0.717) is 23.6 Å². The number of benzene rings is 2. The first-order chi connectivity index (χ1) is 14.5. The van der Waals surface area contributed by atoms with E-state index in [1.54, 1.807) is 42.0 Å². The number of hydrogen-bond donors (Lipinski definition) is 2. The summed E-state index contributed by atoms with van der Waals surface area (Å²) in [4.78, 5) is 16.5. The Bertz CT molecular complexity index is 1150. The number of ether oxygens (including phenoxy) is 1. The lowest BCUT2D eigenvalue weighted by atomic mass is 9.94. The van der Waals surface area contributed by atoms with Crippen LogP contribution >= 0.6 is 0 Å². The van der Waals surface area contributed by atoms with Gasteiger partial charge in [0.2, 0.25) is 15.9 Å². The zero-order valence-corrected chi connectivity index (χ0v) is 16.6. The second kappa shape index (κ2) is 8.23. The second-order valence-corrected chi connectivity index (χ2v) is 8.58. The van der Waals surface area contributed by atoms with Crippen molar-refractivity contribution in [1.82, 2.24) is 14.8 Å². The Morgan fingerprint density at radius 1 is 1.07 bits per heavy atom. The summed E-state index contributed by atoms with van der Waals surface area (Å²) in [6.07, 6.45) is 2.06. The average Bonchev–Trinajstić information content (AvgIpc) is 2.79. The van der Waals surface area contributed by atoms with Crippen LogP contribution in [0.2, 0.25) is 0 Å². The highest BCUT2D eigenvalue weighted by molar-refractivity contribution is 7.89. The summed E-state index contributed by atoms with van der Waals surface area (Å²) in [6.45, 7) is 0.115. The lowest BCUT2D eigenvalue weighted by Gasteiger charge is -2.34. The van der Waals surface area contributed by atoms with Crippen LogP contribution in [-0.4, -0.2) is 35.4 Å². The van der Waals surface area contributed by atoms with Gasteiger partial charge in [0.15, 0.2) is 0 Å². The van der Waals surface area contributed by atoms with Gasteiger partial charge in [-0.2, -0.15) is 4.31 Å². The molecule has 2 heterocycles. The normalized spacial score (nSPS) is 16.5. The van der Waals surface area contributed by atoms with E-state index < -0.39 is 22.0 Å². The average molecular weight is 425 g/mol. The third-order valence-electron chi connectivity index (χ3n) is 4.89. The van der Waals surface area contributed by atoms with Gasteiger partial charge in [-0.25, -0.2) is 18.9 Å². The zero-order valence-electron chi connectivity index (χ0n) is 15.8. The molecule has 0 saturated heterocycles. The summed E-state index contributed by atoms with van der Waals surface area (Å²) < 4.78 is 33.3. The summed E-state index contributed by atoms with van der Waals surface area (Å²) in [6, 6.07) is 17.1. The lowest BCUT2D eigenvalue weighted by molar-refractivity contribution is -0.133. The van der Waals surface area contributed by atoms with Gasteiger partial charge in [0, 0.05) is 18.8 Å². The molecule has 1 aromatic heterocycles. The maximum absolute atomic E-state index is 13.3. The fraction of sp³-hybridized carbons (Fsp3) is 0.143. The van der Waals surface area contributed by atoms with Crippen LogP contribution in [0.3, 0.4) is 0 Å². The van der Waals surface area contributed by atoms with Gasteiger partial charge in [0.05, 0.1) is 4.90 Å². The van der Waals surface area contributed by atoms with Crippen molar-refractivity contribution in [3.05, 3.63) is 84.1 Å². The fourth-order valence-corrected chi connectivity index (χ4v) is 5.05. The van der Waals surface area contributed by atoms with Gasteiger partial charge < -0.3 is 4.74 Å². The highest BCUT2D eigenvalue weighted by Gasteiger charge is 2.40. The molecular formula is C21H19N3O5S. The van der Waals surface area contributed by atoms with E-state index >= 15 is 0 Å². The number of rotatable bonds is 5. The van der Waals surface area contributed by atoms with Crippen molar-refractivity contribution in [2.45, 2.75) is 17.4 Å². The van der Waals surface area contributed by atoms with Crippen LogP contribution in [0.5, 0.6) is 11.6 Å². The van der Waals surface area contributed by atoms with Crippen LogP contribution in [0.1, 0.15) is 17.2 Å². The maximum Gasteiger partial charge on any atom is 0.266 e. The second-order valence-electron chi connectivity index (χ2n) is 6.68. The molecule has 9 heteroatoms. The minimum Gasteiger partial charge on any atom is -0.439 e. The molecule has 1 atom stereocenters. The molecule has 0 aliphatic carbocycles. The number of hydroxylamine groups is 1. The molecule has 1 aliphatic heterocycles. The number of amides is 1. The molecule has 4 rings (SSSR count). The largest absolute Gasteiger partial charge is 0.439 e. The van der Waals surface area contributed by atoms with Gasteiger partial charge >= 0.3 is 0 Å². The van der Waals surface area contributed by atoms with E-state index in [2.05, 4.69) is 4.98 Å². The predicted octanol–water partition coefficient (Wildman–Crippen LogP) is 2.67. The van der Waals surface area contributed by atoms with Gasteiger partial charge in [-0.3, -0.25) is 10.0 Å². The van der Waals surface area contributed by atoms with Gasteiger partial charge in [0.25, 0.3) is 5.91 Å². The molecule has 154 valence electrons. The van der Waals surface area contributed by atoms with Crippen LogP contribution in [0.4, 0.5) is 0 Å². The van der Waals surface area contributed by atoms with Crippen molar-refractivity contribution in [2.75, 3.05) is 6.54 Å². The summed E-state index contributed by atoms with van der Waals surface area (Å²) in [5.41, 5.74) is 3.02. The summed E-state index contributed by atoms with van der Waals surface area (Å²) in [5, 5.41) is 9.20. The molecule has 1 aliphatic rings. The highest BCUT2D eigenvalue weighted by Crippen LogP contribution is 2.34. The number of aromatic nitrogens is 1. The maximum atomic E-state index is 13.3. The van der Waals surface area contributed by atoms with Crippen LogP contribution < -0.4 is 10.2 Å². The van der Waals surface area contributed by atoms with Gasteiger partial charge in [-0.05, 0) is 47.9 Å². The SMILES string of the molecule is O=C(NO)[C@H]1c2ccccc2CCN1S(=O)(=O)c1ccc(Oc2ccccn2)cc1. The highest BCUT2D eigenvalue weighted by atomic mass is 32.2. The zero-order chi connectivity index (χ0) is 21.1. The molecule has 1 amide bonds. The van der Waals surface area contributed by atoms with E-state index in [4.69, 9.17) is 4.74 Å². The first-order valence-electron chi connectivity index (χ1n) is 9.23. The Balaban J connectivity index is 1.64. The first-order valence-corrected chi connectivity index (χ1v) is 10.7. The van der Waals surface area contributed by atoms with Crippen molar-refractivity contribution in [2.24, 2.45) is 0 Å². The molecular weight excluding hydrogens is 406 g/mol. The molecule has 2 N–H and O–H groups in total. The van der Waals surface area contributed by atoms with E-state index in [0.717, 1.165) is 9.87 Å². The molecule has 0 bridgehead atoms. The Morgan fingerprint density at radius 3 is 2.50 bits per heavy atom. The summed E-state index contributed by atoms with van der Waals surface area (Å²) >= 11 is 0. The lowest BCUT2D eigenvalue weighted by Crippen LogP contribution is -2.46. The molecule has 3 aromatic rings. The molecule has 0 spiro atoms. The number of sulfonamides is 1. The number of fused-ring (bicyclic) bond motifs is 1. The number of hydrogen-bond acceptors (Lipinski definition) is 6. The van der Waals surface area contributed by atoms with E-state index in [1.807, 2.05) is 12.1 Å². The summed E-state index contributed by atoms with van der Waals surface area (Å²) in [5.74, 6) is 0.0162. The standard InChI is InChI=1S/C21H19N3O5S/c25-21(23-26)20-18-6-2-1-5-15(18)12-14-24(20)30(27,28)17-10-8-16(9-11-17)29-19-7-3-4-13-22-19/h1-11,13,20,26H,12,14H2,(H,23,25)/t20-/m1/s1. The minimum absolute atomic E-state index is 0.0194. The molecule has 0 fully saturated rings. The number of carbonyl (C=O) groups is 1. The van der Waals surface area contributed by atoms with Crippen molar-refractivity contribution in [3.8, 4) is 11.6 Å². The van der Waals surface area contributed by atoms with E-state index in [-0.39, 0.29) is 11.4 Å². The predicted molar refractivity (Wildman–Crippen MR) is 107 cm³/mol. The van der Waals surface area contributed by atoms with E-state index in [9.17, 15) is 18.4 Å². The van der Waals surface area contributed by atoms with Gasteiger partial charge in [-0.1, -0.05) is 30.3 Å². The molecule has 0 saturated carbocycles. The molecule has 8 nitrogen and oxygen atoms in total. The monoisotopic (exact) mass is 425 g/mol. The number of nitrogens with zero attached hydrogens (tertiary/aromatic N) is 2. The Morgan fingerprint density at radius 2 is 1.80 bits per heavy atom. The van der Waals surface area contributed by atoms with Crippen molar-refractivity contribution in [3.63, 3.8) is 0 Å². The Labute approximate surface area is 173 Å². The third-order valence-corrected chi connectivity index (χ3v) is 6.77. The topological polar surface area (TPSA) is 109 Å². The van der Waals surface area contributed by atoms with Crippen molar-refractivity contribution < 1.29 is 23.2 Å². The molecule has 2 aromatic carbocycles. The van der Waals surface area contributed by atoms with Crippen LogP contribution in [0.25, 0.3) is 0 Å².